The van der Waals surface area contributed by atoms with Crippen LogP contribution >= 0.6 is 0 Å². The molecule has 1 amide bonds. The molecule has 1 N–H and O–H groups in total. The Morgan fingerprint density at radius 3 is 2.20 bits per heavy atom. The Morgan fingerprint density at radius 2 is 1.69 bits per heavy atom. The monoisotopic (exact) mass is 478 g/mol. The highest BCUT2D eigenvalue weighted by atomic mass is 16.5. The summed E-state index contributed by atoms with van der Waals surface area (Å²) in [5, 5.41) is 11.4. The van der Waals surface area contributed by atoms with Gasteiger partial charge < -0.3 is 19.6 Å². The molecule has 1 atom stereocenters. The molecule has 6 nitrogen and oxygen atoms in total. The van der Waals surface area contributed by atoms with Crippen LogP contribution in [0.4, 0.5) is 0 Å². The Bertz CT molecular complexity index is 1110. The molecule has 0 bridgehead atoms. The van der Waals surface area contributed by atoms with Crippen molar-refractivity contribution >= 4 is 17.4 Å². The van der Waals surface area contributed by atoms with Crippen molar-refractivity contribution in [1.29, 1.82) is 0 Å². The summed E-state index contributed by atoms with van der Waals surface area (Å²) >= 11 is 0. The van der Waals surface area contributed by atoms with Crippen LogP contribution in [0.2, 0.25) is 0 Å². The molecule has 6 heteroatoms. The van der Waals surface area contributed by atoms with Gasteiger partial charge in [0, 0.05) is 18.7 Å². The lowest BCUT2D eigenvalue weighted by molar-refractivity contribution is -0.140. The van der Waals surface area contributed by atoms with Crippen LogP contribution < -0.4 is 4.74 Å². The van der Waals surface area contributed by atoms with Gasteiger partial charge in [-0.25, -0.2) is 0 Å². The first-order valence-electron chi connectivity index (χ1n) is 12.3. The number of hydrogen-bond donors (Lipinski definition) is 1. The third-order valence-electron chi connectivity index (χ3n) is 6.87. The van der Waals surface area contributed by atoms with Crippen LogP contribution in [0.1, 0.15) is 62.9 Å². The fourth-order valence-corrected chi connectivity index (χ4v) is 4.59. The number of Topliss-reactive ketones (excluding diaryl/α,β-unsaturated/α-hetero) is 1. The van der Waals surface area contributed by atoms with E-state index in [2.05, 4.69) is 39.5 Å². The molecule has 1 saturated heterocycles. The molecule has 188 valence electrons. The predicted octanol–water partition coefficient (Wildman–Crippen LogP) is 5.06. The van der Waals surface area contributed by atoms with E-state index in [1.54, 1.807) is 30.2 Å². The number of methoxy groups -OCH3 is 1. The molecule has 1 fully saturated rings. The highest BCUT2D eigenvalue weighted by molar-refractivity contribution is 6.46. The zero-order valence-electron chi connectivity index (χ0n) is 22.0. The molecule has 0 spiro atoms. The highest BCUT2D eigenvalue weighted by Crippen LogP contribution is 2.40. The van der Waals surface area contributed by atoms with Gasteiger partial charge in [0.15, 0.2) is 0 Å². The smallest absolute Gasteiger partial charge is 0.295 e. The molecule has 35 heavy (non-hydrogen) atoms. The van der Waals surface area contributed by atoms with Gasteiger partial charge in [0.25, 0.3) is 11.7 Å². The summed E-state index contributed by atoms with van der Waals surface area (Å²) in [6, 6.07) is 12.6. The minimum Gasteiger partial charge on any atom is -0.507 e. The summed E-state index contributed by atoms with van der Waals surface area (Å²) in [5.41, 5.74) is 3.36. The quantitative estimate of drug-likeness (QED) is 0.326. The highest BCUT2D eigenvalue weighted by Gasteiger charge is 2.46. The molecule has 1 aliphatic rings. The van der Waals surface area contributed by atoms with Crippen LogP contribution in [0.25, 0.3) is 5.76 Å². The molecule has 0 unspecified atom stereocenters. The summed E-state index contributed by atoms with van der Waals surface area (Å²) in [5.74, 6) is -0.719. The number of nitrogens with zero attached hydrogens (tertiary/aromatic N) is 2. The number of likely N-dealkylation sites (tertiary alicyclic amines) is 1. The Balaban J connectivity index is 2.14. The standard InChI is InChI=1S/C29H38N2O4/c1-8-30(9-2)16-17-31-25(20-10-12-21(13-11-20)29(4,5)6)24(27(33)28(31)34)26(32)23-15-14-22(35-7)18-19(23)3/h10-15,18,25,32H,8-9,16-17H2,1-7H3/b26-24+/t25-/m0/s1. The molecule has 0 aliphatic carbocycles. The van der Waals surface area contributed by atoms with Crippen LogP contribution in [0, 0.1) is 6.92 Å². The number of carbonyl (C=O) groups is 2. The summed E-state index contributed by atoms with van der Waals surface area (Å²) in [6.45, 7) is 15.2. The SMILES string of the molecule is CCN(CC)CCN1C(=O)C(=O)/C(=C(/O)c2ccc(OC)cc2C)[C@@H]1c1ccc(C(C)(C)C)cc1. The Labute approximate surface area is 209 Å². The number of benzene rings is 2. The van der Waals surface area contributed by atoms with E-state index in [0.717, 1.165) is 29.8 Å². The number of aliphatic hydroxyl groups excluding tert-OH is 1. The maximum absolute atomic E-state index is 13.3. The average Bonchev–Trinajstić information content (AvgIpc) is 3.08. The average molecular weight is 479 g/mol. The minimum atomic E-state index is -0.652. The van der Waals surface area contributed by atoms with Gasteiger partial charge in [0.1, 0.15) is 11.5 Å². The Kier molecular flexibility index (Phi) is 8.06. The number of hydrogen-bond acceptors (Lipinski definition) is 5. The third-order valence-corrected chi connectivity index (χ3v) is 6.87. The van der Waals surface area contributed by atoms with Crippen molar-refractivity contribution in [2.75, 3.05) is 33.3 Å². The van der Waals surface area contributed by atoms with E-state index >= 15 is 0 Å². The van der Waals surface area contributed by atoms with Crippen LogP contribution in [0.5, 0.6) is 5.75 Å². The first kappa shape index (κ1) is 26.5. The zero-order chi connectivity index (χ0) is 25.9. The van der Waals surface area contributed by atoms with E-state index in [9.17, 15) is 14.7 Å². The van der Waals surface area contributed by atoms with Gasteiger partial charge in [-0.3, -0.25) is 9.59 Å². The molecule has 3 rings (SSSR count). The maximum Gasteiger partial charge on any atom is 0.295 e. The number of aryl methyl sites for hydroxylation is 1. The molecule has 1 heterocycles. The molecular weight excluding hydrogens is 440 g/mol. The van der Waals surface area contributed by atoms with E-state index < -0.39 is 17.7 Å². The van der Waals surface area contributed by atoms with E-state index in [1.807, 2.05) is 31.2 Å². The van der Waals surface area contributed by atoms with Crippen LogP contribution in [0.3, 0.4) is 0 Å². The molecule has 2 aromatic carbocycles. The fourth-order valence-electron chi connectivity index (χ4n) is 4.59. The maximum atomic E-state index is 13.3. The predicted molar refractivity (Wildman–Crippen MR) is 140 cm³/mol. The molecule has 0 saturated carbocycles. The Morgan fingerprint density at radius 1 is 1.06 bits per heavy atom. The number of ether oxygens (including phenoxy) is 1. The van der Waals surface area contributed by atoms with Gasteiger partial charge >= 0.3 is 0 Å². The molecular formula is C29H38N2O4. The number of likely N-dealkylation sites (N-methyl/N-ethyl adjacent to an activating group) is 1. The number of rotatable bonds is 8. The second kappa shape index (κ2) is 10.6. The lowest BCUT2D eigenvalue weighted by Gasteiger charge is -2.29. The van der Waals surface area contributed by atoms with Gasteiger partial charge in [-0.05, 0) is 60.3 Å². The largest absolute Gasteiger partial charge is 0.507 e. The van der Waals surface area contributed by atoms with Crippen molar-refractivity contribution in [2.24, 2.45) is 0 Å². The minimum absolute atomic E-state index is 0.0245. The lowest BCUT2D eigenvalue weighted by atomic mass is 9.85. The Hall–Kier alpha value is -3.12. The van der Waals surface area contributed by atoms with E-state index in [0.29, 0.717) is 24.4 Å². The molecule has 2 aromatic rings. The van der Waals surface area contributed by atoms with Crippen LogP contribution in [-0.2, 0) is 15.0 Å². The molecule has 0 radical (unpaired) electrons. The van der Waals surface area contributed by atoms with E-state index in [-0.39, 0.29) is 16.7 Å². The summed E-state index contributed by atoms with van der Waals surface area (Å²) in [4.78, 5) is 30.4. The second-order valence-corrected chi connectivity index (χ2v) is 10.1. The number of ketones is 1. The van der Waals surface area contributed by atoms with E-state index in [1.165, 1.54) is 0 Å². The van der Waals surface area contributed by atoms with Crippen molar-refractivity contribution in [3.8, 4) is 5.75 Å². The van der Waals surface area contributed by atoms with Gasteiger partial charge in [-0.1, -0.05) is 58.9 Å². The zero-order valence-corrected chi connectivity index (χ0v) is 22.0. The van der Waals surface area contributed by atoms with Crippen LogP contribution in [0.15, 0.2) is 48.0 Å². The third kappa shape index (κ3) is 5.43. The van der Waals surface area contributed by atoms with Crippen molar-refractivity contribution in [3.05, 3.63) is 70.3 Å². The van der Waals surface area contributed by atoms with E-state index in [4.69, 9.17) is 4.74 Å². The molecule has 1 aliphatic heterocycles. The normalized spacial score (nSPS) is 17.9. The van der Waals surface area contributed by atoms with Gasteiger partial charge in [0.2, 0.25) is 0 Å². The van der Waals surface area contributed by atoms with Gasteiger partial charge in [0.05, 0.1) is 18.7 Å². The fraction of sp³-hybridized carbons (Fsp3) is 0.448. The first-order chi connectivity index (χ1) is 16.5. The lowest BCUT2D eigenvalue weighted by Crippen LogP contribution is -2.38. The van der Waals surface area contributed by atoms with Crippen LogP contribution in [-0.4, -0.2) is 59.9 Å². The number of amides is 1. The first-order valence-corrected chi connectivity index (χ1v) is 12.3. The number of carbonyl (C=O) groups excluding carboxylic acids is 2. The van der Waals surface area contributed by atoms with Crippen molar-refractivity contribution in [1.82, 2.24) is 9.80 Å². The van der Waals surface area contributed by atoms with Crippen molar-refractivity contribution in [3.63, 3.8) is 0 Å². The second-order valence-electron chi connectivity index (χ2n) is 10.1. The topological polar surface area (TPSA) is 70.1 Å². The van der Waals surface area contributed by atoms with Gasteiger partial charge in [-0.2, -0.15) is 0 Å². The summed E-state index contributed by atoms with van der Waals surface area (Å²) < 4.78 is 5.28. The number of aliphatic hydroxyl groups is 1. The van der Waals surface area contributed by atoms with Crippen molar-refractivity contribution < 1.29 is 19.4 Å². The van der Waals surface area contributed by atoms with Gasteiger partial charge in [-0.15, -0.1) is 0 Å². The summed E-state index contributed by atoms with van der Waals surface area (Å²) in [6.07, 6.45) is 0. The molecule has 0 aromatic heterocycles. The van der Waals surface area contributed by atoms with Crippen molar-refractivity contribution in [2.45, 2.75) is 53.0 Å². The summed E-state index contributed by atoms with van der Waals surface area (Å²) in [7, 11) is 1.58.